The van der Waals surface area contributed by atoms with Crippen LogP contribution in [-0.2, 0) is 11.3 Å². The van der Waals surface area contributed by atoms with Gasteiger partial charge in [-0.15, -0.1) is 0 Å². The van der Waals surface area contributed by atoms with Crippen molar-refractivity contribution in [2.45, 2.75) is 13.5 Å². The van der Waals surface area contributed by atoms with Crippen LogP contribution in [-0.4, -0.2) is 17.9 Å². The van der Waals surface area contributed by atoms with Gasteiger partial charge in [0.05, 0.1) is 6.61 Å². The van der Waals surface area contributed by atoms with Crippen LogP contribution in [0.3, 0.4) is 0 Å². The van der Waals surface area contributed by atoms with Gasteiger partial charge in [-0.1, -0.05) is 6.07 Å². The highest BCUT2D eigenvalue weighted by Crippen LogP contribution is 2.16. The Kier molecular flexibility index (Phi) is 2.13. The summed E-state index contributed by atoms with van der Waals surface area (Å²) < 4.78 is 18.2. The van der Waals surface area contributed by atoms with Gasteiger partial charge in [0.2, 0.25) is 0 Å². The minimum Gasteiger partial charge on any atom is -0.423 e. The number of halogens is 1. The van der Waals surface area contributed by atoms with Crippen LogP contribution in [0.2, 0.25) is 0 Å². The largest absolute Gasteiger partial charge is 0.491 e. The minimum atomic E-state index is -1.11. The molecule has 14 heavy (non-hydrogen) atoms. The Bertz CT molecular complexity index is 405. The lowest BCUT2D eigenvalue weighted by Crippen LogP contribution is -2.29. The highest BCUT2D eigenvalue weighted by Gasteiger charge is 2.30. The predicted molar refractivity (Wildman–Crippen MR) is 48.8 cm³/mol. The Morgan fingerprint density at radius 2 is 2.36 bits per heavy atom. The molecule has 0 bridgehead atoms. The predicted octanol–water partition coefficient (Wildman–Crippen LogP) is 0.246. The van der Waals surface area contributed by atoms with E-state index in [1.807, 2.05) is 0 Å². The van der Waals surface area contributed by atoms with Crippen LogP contribution >= 0.6 is 0 Å². The average Bonchev–Trinajstić information content (AvgIpc) is 2.48. The van der Waals surface area contributed by atoms with Crippen molar-refractivity contribution >= 4 is 18.4 Å². The molecule has 0 aromatic heterocycles. The third kappa shape index (κ3) is 1.34. The number of carbonyl (C=O) groups is 1. The first kappa shape index (κ1) is 9.36. The number of hydrogen-bond acceptors (Lipinski definition) is 3. The second-order valence-electron chi connectivity index (χ2n) is 3.25. The van der Waals surface area contributed by atoms with Gasteiger partial charge in [0.1, 0.15) is 5.82 Å². The van der Waals surface area contributed by atoms with E-state index in [9.17, 15) is 14.2 Å². The lowest BCUT2D eigenvalue weighted by Gasteiger charge is -2.02. The van der Waals surface area contributed by atoms with Crippen LogP contribution < -0.4 is 5.46 Å². The second kappa shape index (κ2) is 3.18. The van der Waals surface area contributed by atoms with Gasteiger partial charge in [-0.3, -0.25) is 4.79 Å². The van der Waals surface area contributed by atoms with Gasteiger partial charge >= 0.3 is 7.12 Å². The second-order valence-corrected chi connectivity index (χ2v) is 3.25. The van der Waals surface area contributed by atoms with Crippen molar-refractivity contribution in [1.82, 2.24) is 0 Å². The van der Waals surface area contributed by atoms with Gasteiger partial charge in [0.15, 0.2) is 5.78 Å². The van der Waals surface area contributed by atoms with Crippen LogP contribution in [0, 0.1) is 5.82 Å². The van der Waals surface area contributed by atoms with Gasteiger partial charge < -0.3 is 9.68 Å². The van der Waals surface area contributed by atoms with E-state index in [2.05, 4.69) is 0 Å². The molecule has 2 rings (SSSR count). The monoisotopic (exact) mass is 194 g/mol. The summed E-state index contributed by atoms with van der Waals surface area (Å²) in [7, 11) is -1.11. The van der Waals surface area contributed by atoms with E-state index in [0.717, 1.165) is 0 Å². The average molecular weight is 194 g/mol. The van der Waals surface area contributed by atoms with Crippen molar-refractivity contribution in [3.63, 3.8) is 0 Å². The fourth-order valence-corrected chi connectivity index (χ4v) is 1.49. The number of fused-ring (bicyclic) bond motifs is 1. The summed E-state index contributed by atoms with van der Waals surface area (Å²) in [5.74, 6) is -0.727. The fourth-order valence-electron chi connectivity index (χ4n) is 1.49. The zero-order valence-electron chi connectivity index (χ0n) is 7.58. The van der Waals surface area contributed by atoms with E-state index >= 15 is 0 Å². The normalized spacial score (nSPS) is 14.4. The van der Waals surface area contributed by atoms with Crippen molar-refractivity contribution in [3.8, 4) is 0 Å². The highest BCUT2D eigenvalue weighted by molar-refractivity contribution is 6.61. The number of rotatable bonds is 1. The van der Waals surface area contributed by atoms with Crippen LogP contribution in [0.4, 0.5) is 4.39 Å². The molecule has 3 nitrogen and oxygen atoms in total. The lowest BCUT2D eigenvalue weighted by atomic mass is 9.78. The molecular weight excluding hydrogens is 186 g/mol. The summed E-state index contributed by atoms with van der Waals surface area (Å²) in [5, 5.41) is 9.31. The molecule has 1 aliphatic heterocycles. The first-order chi connectivity index (χ1) is 6.59. The van der Waals surface area contributed by atoms with E-state index in [-0.39, 0.29) is 18.0 Å². The van der Waals surface area contributed by atoms with Gasteiger partial charge in [0, 0.05) is 11.1 Å². The van der Waals surface area contributed by atoms with Gasteiger partial charge in [-0.25, -0.2) is 4.39 Å². The molecule has 1 aromatic carbocycles. The van der Waals surface area contributed by atoms with Crippen molar-refractivity contribution in [3.05, 3.63) is 29.1 Å². The highest BCUT2D eigenvalue weighted by atomic mass is 19.1. The smallest absolute Gasteiger partial charge is 0.423 e. The Labute approximate surface area is 80.6 Å². The summed E-state index contributed by atoms with van der Waals surface area (Å²) in [6.07, 6.45) is 0. The quantitative estimate of drug-likeness (QED) is 0.514. The maximum atomic E-state index is 13.3. The van der Waals surface area contributed by atoms with Crippen LogP contribution in [0.25, 0.3) is 0 Å². The van der Waals surface area contributed by atoms with Gasteiger partial charge in [-0.2, -0.15) is 0 Å². The van der Waals surface area contributed by atoms with E-state index in [1.165, 1.54) is 19.1 Å². The SMILES string of the molecule is CC(=O)c1cc(F)c2c(c1)B(O)OC2. The van der Waals surface area contributed by atoms with Gasteiger partial charge in [0.25, 0.3) is 0 Å². The topological polar surface area (TPSA) is 46.5 Å². The van der Waals surface area contributed by atoms with E-state index in [0.29, 0.717) is 11.0 Å². The van der Waals surface area contributed by atoms with E-state index in [4.69, 9.17) is 4.65 Å². The molecule has 1 aliphatic rings. The Hall–Kier alpha value is -1.20. The summed E-state index contributed by atoms with van der Waals surface area (Å²) in [4.78, 5) is 11.0. The number of hydrogen-bond donors (Lipinski definition) is 1. The maximum Gasteiger partial charge on any atom is 0.491 e. The molecule has 0 spiro atoms. The van der Waals surface area contributed by atoms with Crippen molar-refractivity contribution in [2.75, 3.05) is 0 Å². The summed E-state index contributed by atoms with van der Waals surface area (Å²) in [5.41, 5.74) is 0.948. The molecule has 0 amide bonds. The molecule has 0 atom stereocenters. The number of benzene rings is 1. The van der Waals surface area contributed by atoms with Crippen LogP contribution in [0.15, 0.2) is 12.1 Å². The lowest BCUT2D eigenvalue weighted by molar-refractivity contribution is 0.101. The Balaban J connectivity index is 2.58. The molecule has 0 saturated heterocycles. The summed E-state index contributed by atoms with van der Waals surface area (Å²) >= 11 is 0. The van der Waals surface area contributed by atoms with Gasteiger partial charge in [-0.05, 0) is 18.5 Å². The number of ketones is 1. The standard InChI is InChI=1S/C9H8BFO3/c1-5(12)6-2-8-7(9(11)3-6)4-14-10(8)13/h2-3,13H,4H2,1H3. The minimum absolute atomic E-state index is 0.0561. The molecular formula is C9H8BFO3. The molecule has 0 aliphatic carbocycles. The van der Waals surface area contributed by atoms with Crippen molar-refractivity contribution in [1.29, 1.82) is 0 Å². The summed E-state index contributed by atoms with van der Waals surface area (Å²) in [6, 6.07) is 2.64. The molecule has 1 N–H and O–H groups in total. The Morgan fingerprint density at radius 1 is 1.64 bits per heavy atom. The van der Waals surface area contributed by atoms with Crippen molar-refractivity contribution < 1.29 is 18.9 Å². The molecule has 0 fully saturated rings. The summed E-state index contributed by atoms with van der Waals surface area (Å²) in [6.45, 7) is 1.41. The van der Waals surface area contributed by atoms with Crippen LogP contribution in [0.5, 0.6) is 0 Å². The van der Waals surface area contributed by atoms with E-state index < -0.39 is 12.9 Å². The molecule has 72 valence electrons. The Morgan fingerprint density at radius 3 is 3.00 bits per heavy atom. The fraction of sp³-hybridized carbons (Fsp3) is 0.222. The van der Waals surface area contributed by atoms with E-state index in [1.54, 1.807) is 0 Å². The van der Waals surface area contributed by atoms with Crippen LogP contribution in [0.1, 0.15) is 22.8 Å². The molecule has 0 saturated carbocycles. The first-order valence-corrected chi connectivity index (χ1v) is 4.22. The first-order valence-electron chi connectivity index (χ1n) is 4.22. The zero-order chi connectivity index (χ0) is 10.3. The third-order valence-corrected chi connectivity index (χ3v) is 2.29. The molecule has 0 radical (unpaired) electrons. The molecule has 1 heterocycles. The molecule has 5 heteroatoms. The third-order valence-electron chi connectivity index (χ3n) is 2.29. The maximum absolute atomic E-state index is 13.3. The molecule has 1 aromatic rings. The molecule has 0 unspecified atom stereocenters. The number of Topliss-reactive ketones (excluding diaryl/α,β-unsaturated/α-hetero) is 1. The van der Waals surface area contributed by atoms with Crippen molar-refractivity contribution in [2.24, 2.45) is 0 Å². The zero-order valence-corrected chi connectivity index (χ0v) is 7.58. The number of carbonyl (C=O) groups excluding carboxylic acids is 1.